The number of ketones is 1. The number of nitrogens with zero attached hydrogens (tertiary/aromatic N) is 3. The Bertz CT molecular complexity index is 1290. The summed E-state index contributed by atoms with van der Waals surface area (Å²) in [5, 5.41) is 2.68. The number of carbonyl (C=O) groups excluding carboxylic acids is 3. The van der Waals surface area contributed by atoms with E-state index in [0.717, 1.165) is 6.07 Å². The Balaban J connectivity index is 1.72. The highest BCUT2D eigenvalue weighted by molar-refractivity contribution is 6.09. The van der Waals surface area contributed by atoms with E-state index in [9.17, 15) is 18.8 Å². The Labute approximate surface area is 188 Å². The van der Waals surface area contributed by atoms with Crippen molar-refractivity contribution >= 4 is 29.0 Å². The number of aromatic nitrogens is 2. The largest absolute Gasteiger partial charge is 0.325 e. The van der Waals surface area contributed by atoms with Gasteiger partial charge in [0, 0.05) is 29.2 Å². The zero-order valence-electron chi connectivity index (χ0n) is 18.1. The number of hydrogen-bond acceptors (Lipinski definition) is 5. The van der Waals surface area contributed by atoms with Crippen molar-refractivity contribution in [2.45, 2.75) is 26.7 Å². The third-order valence-corrected chi connectivity index (χ3v) is 5.52. The second-order valence-corrected chi connectivity index (χ2v) is 7.87. The molecule has 2 amide bonds. The van der Waals surface area contributed by atoms with Crippen LogP contribution in [0.15, 0.2) is 42.6 Å². The van der Waals surface area contributed by atoms with Gasteiger partial charge in [-0.05, 0) is 62.2 Å². The monoisotopic (exact) mass is 450 g/mol. The SMILES string of the molecule is CC(=O)c1ccc(NC(=O)CN2C(=O)C(C)c3cnc(F)cc3-c3c2cc(C)nc3F)cc1. The lowest BCUT2D eigenvalue weighted by Crippen LogP contribution is -2.40. The Morgan fingerprint density at radius 3 is 2.52 bits per heavy atom. The standard InChI is InChI=1S/C24H20F2N4O3/c1-12-8-19-22(23(26)28-12)17-9-20(25)27-10-18(17)13(2)24(33)30(19)11-21(32)29-16-6-4-15(5-7-16)14(3)31/h4-10,13H,11H2,1-3H3,(H,29,32). The van der Waals surface area contributed by atoms with Crippen molar-refractivity contribution in [1.29, 1.82) is 0 Å². The summed E-state index contributed by atoms with van der Waals surface area (Å²) in [6.45, 7) is 4.19. The lowest BCUT2D eigenvalue weighted by molar-refractivity contribution is -0.122. The molecule has 7 nitrogen and oxygen atoms in total. The fourth-order valence-electron chi connectivity index (χ4n) is 3.86. The quantitative estimate of drug-likeness (QED) is 0.479. The van der Waals surface area contributed by atoms with E-state index in [0.29, 0.717) is 22.5 Å². The summed E-state index contributed by atoms with van der Waals surface area (Å²) in [7, 11) is 0. The lowest BCUT2D eigenvalue weighted by Gasteiger charge is -2.24. The summed E-state index contributed by atoms with van der Waals surface area (Å²) in [6, 6.07) is 8.87. The number of Topliss-reactive ketones (excluding diaryl/α,β-unsaturated/α-hetero) is 1. The van der Waals surface area contributed by atoms with Gasteiger partial charge in [0.2, 0.25) is 23.7 Å². The van der Waals surface area contributed by atoms with Gasteiger partial charge in [0.25, 0.3) is 0 Å². The van der Waals surface area contributed by atoms with E-state index in [1.165, 1.54) is 24.1 Å². The first kappa shape index (κ1) is 22.2. The molecular weight excluding hydrogens is 430 g/mol. The molecule has 1 atom stereocenters. The number of aryl methyl sites for hydroxylation is 1. The summed E-state index contributed by atoms with van der Waals surface area (Å²) in [4.78, 5) is 46.2. The van der Waals surface area contributed by atoms with Gasteiger partial charge >= 0.3 is 0 Å². The van der Waals surface area contributed by atoms with Crippen LogP contribution >= 0.6 is 0 Å². The third-order valence-electron chi connectivity index (χ3n) is 5.52. The number of amides is 2. The first-order valence-electron chi connectivity index (χ1n) is 10.2. The highest BCUT2D eigenvalue weighted by Gasteiger charge is 2.35. The van der Waals surface area contributed by atoms with Gasteiger partial charge in [-0.2, -0.15) is 8.78 Å². The van der Waals surface area contributed by atoms with Gasteiger partial charge in [-0.15, -0.1) is 0 Å². The van der Waals surface area contributed by atoms with Crippen LogP contribution in [-0.4, -0.2) is 34.1 Å². The smallest absolute Gasteiger partial charge is 0.244 e. The molecule has 0 saturated heterocycles. The molecule has 3 aromatic rings. The minimum atomic E-state index is -0.871. The number of nitrogens with one attached hydrogen (secondary N) is 1. The van der Waals surface area contributed by atoms with Crippen molar-refractivity contribution in [3.05, 3.63) is 71.3 Å². The maximum absolute atomic E-state index is 15.0. The van der Waals surface area contributed by atoms with E-state index in [2.05, 4.69) is 15.3 Å². The number of hydrogen-bond donors (Lipinski definition) is 1. The van der Waals surface area contributed by atoms with Crippen molar-refractivity contribution in [3.8, 4) is 11.1 Å². The third kappa shape index (κ3) is 4.21. The molecule has 2 aromatic heterocycles. The van der Waals surface area contributed by atoms with Crippen molar-refractivity contribution in [2.24, 2.45) is 0 Å². The van der Waals surface area contributed by atoms with E-state index in [4.69, 9.17) is 0 Å². The van der Waals surface area contributed by atoms with Crippen molar-refractivity contribution < 1.29 is 23.2 Å². The topological polar surface area (TPSA) is 92.3 Å². The van der Waals surface area contributed by atoms with Crippen LogP contribution in [0.5, 0.6) is 0 Å². The van der Waals surface area contributed by atoms with Crippen LogP contribution in [0.3, 0.4) is 0 Å². The second-order valence-electron chi connectivity index (χ2n) is 7.87. The number of pyridine rings is 2. The molecule has 168 valence electrons. The van der Waals surface area contributed by atoms with E-state index >= 15 is 4.39 Å². The number of benzene rings is 1. The molecule has 0 spiro atoms. The van der Waals surface area contributed by atoms with Crippen LogP contribution in [0, 0.1) is 18.8 Å². The average molecular weight is 450 g/mol. The van der Waals surface area contributed by atoms with Gasteiger partial charge < -0.3 is 10.2 Å². The zero-order chi connectivity index (χ0) is 23.9. The van der Waals surface area contributed by atoms with Crippen molar-refractivity contribution in [2.75, 3.05) is 16.8 Å². The number of fused-ring (bicyclic) bond motifs is 3. The summed E-state index contributed by atoms with van der Waals surface area (Å²) < 4.78 is 29.0. The zero-order valence-corrected chi connectivity index (χ0v) is 18.1. The van der Waals surface area contributed by atoms with Crippen LogP contribution < -0.4 is 10.2 Å². The summed E-state index contributed by atoms with van der Waals surface area (Å²) >= 11 is 0. The average Bonchev–Trinajstić information content (AvgIpc) is 2.83. The summed E-state index contributed by atoms with van der Waals surface area (Å²) in [5.41, 5.74) is 1.81. The molecule has 1 unspecified atom stereocenters. The van der Waals surface area contributed by atoms with Crippen LogP contribution in [0.25, 0.3) is 11.1 Å². The summed E-state index contributed by atoms with van der Waals surface area (Å²) in [6.07, 6.45) is 1.20. The van der Waals surface area contributed by atoms with Gasteiger partial charge in [0.05, 0.1) is 17.2 Å². The minimum Gasteiger partial charge on any atom is -0.325 e. The normalized spacial score (nSPS) is 14.9. The Kier molecular flexibility index (Phi) is 5.71. The Morgan fingerprint density at radius 2 is 1.85 bits per heavy atom. The highest BCUT2D eigenvalue weighted by atomic mass is 19.1. The number of halogens is 2. The molecule has 3 heterocycles. The predicted molar refractivity (Wildman–Crippen MR) is 118 cm³/mol. The fourth-order valence-corrected chi connectivity index (χ4v) is 3.86. The van der Waals surface area contributed by atoms with Gasteiger partial charge in [-0.3, -0.25) is 14.4 Å². The van der Waals surface area contributed by atoms with E-state index < -0.39 is 36.2 Å². The lowest BCUT2D eigenvalue weighted by atomic mass is 9.94. The molecule has 1 aliphatic heterocycles. The first-order chi connectivity index (χ1) is 15.7. The number of rotatable bonds is 4. The van der Waals surface area contributed by atoms with Gasteiger partial charge in [-0.1, -0.05) is 0 Å². The maximum atomic E-state index is 15.0. The molecule has 1 aromatic carbocycles. The molecular formula is C24H20F2N4O3. The van der Waals surface area contributed by atoms with Crippen molar-refractivity contribution in [3.63, 3.8) is 0 Å². The molecule has 0 bridgehead atoms. The molecule has 0 aliphatic carbocycles. The number of carbonyl (C=O) groups is 3. The molecule has 9 heteroatoms. The molecule has 1 aliphatic rings. The molecule has 0 radical (unpaired) electrons. The first-order valence-corrected chi connectivity index (χ1v) is 10.2. The van der Waals surface area contributed by atoms with Crippen LogP contribution in [0.2, 0.25) is 0 Å². The van der Waals surface area contributed by atoms with E-state index in [1.807, 2.05) is 0 Å². The van der Waals surface area contributed by atoms with Crippen LogP contribution in [-0.2, 0) is 9.59 Å². The van der Waals surface area contributed by atoms with Crippen molar-refractivity contribution in [1.82, 2.24) is 9.97 Å². The van der Waals surface area contributed by atoms with Gasteiger partial charge in [0.1, 0.15) is 6.54 Å². The highest BCUT2D eigenvalue weighted by Crippen LogP contribution is 2.42. The molecule has 0 fully saturated rings. The molecule has 33 heavy (non-hydrogen) atoms. The summed E-state index contributed by atoms with van der Waals surface area (Å²) in [5.74, 6) is -3.59. The molecule has 4 rings (SSSR count). The maximum Gasteiger partial charge on any atom is 0.244 e. The van der Waals surface area contributed by atoms with E-state index in [1.54, 1.807) is 38.1 Å². The predicted octanol–water partition coefficient (Wildman–Crippen LogP) is 4.02. The Hall–Kier alpha value is -4.01. The fraction of sp³-hybridized carbons (Fsp3) is 0.208. The van der Waals surface area contributed by atoms with Crippen LogP contribution in [0.1, 0.15) is 41.4 Å². The van der Waals surface area contributed by atoms with Gasteiger partial charge in [-0.25, -0.2) is 9.97 Å². The second kappa shape index (κ2) is 8.50. The molecule has 0 saturated carbocycles. The van der Waals surface area contributed by atoms with Gasteiger partial charge in [0.15, 0.2) is 5.78 Å². The van der Waals surface area contributed by atoms with Crippen LogP contribution in [0.4, 0.5) is 20.2 Å². The number of anilines is 2. The Morgan fingerprint density at radius 1 is 1.15 bits per heavy atom. The van der Waals surface area contributed by atoms with E-state index in [-0.39, 0.29) is 22.6 Å². The minimum absolute atomic E-state index is 0.0618. The molecule has 1 N–H and O–H groups in total.